The first-order chi connectivity index (χ1) is 10.7. The highest BCUT2D eigenvalue weighted by Gasteiger charge is 2.45. The van der Waals surface area contributed by atoms with E-state index in [2.05, 4.69) is 20.9 Å². The molecule has 23 heavy (non-hydrogen) atoms. The molecule has 1 saturated heterocycles. The SMILES string of the molecule is COC1(c2ncc(C(=O)CBr)s2)CCN(C(=O)OC(C)(C)C)C1. The Morgan fingerprint density at radius 3 is 2.74 bits per heavy atom. The van der Waals surface area contributed by atoms with E-state index in [0.717, 1.165) is 5.01 Å². The van der Waals surface area contributed by atoms with Gasteiger partial charge in [0.1, 0.15) is 16.2 Å². The first-order valence-corrected chi connectivity index (χ1v) is 9.23. The highest BCUT2D eigenvalue weighted by Crippen LogP contribution is 2.38. The molecule has 1 amide bonds. The molecule has 0 saturated carbocycles. The van der Waals surface area contributed by atoms with Crippen molar-refractivity contribution in [3.63, 3.8) is 0 Å². The van der Waals surface area contributed by atoms with Gasteiger partial charge in [0.05, 0.1) is 16.8 Å². The number of nitrogens with zero attached hydrogens (tertiary/aromatic N) is 2. The van der Waals surface area contributed by atoms with Crippen LogP contribution in [0.3, 0.4) is 0 Å². The molecule has 0 aliphatic carbocycles. The molecule has 1 aromatic rings. The molecule has 1 aliphatic heterocycles. The summed E-state index contributed by atoms with van der Waals surface area (Å²) in [5, 5.41) is 0.980. The van der Waals surface area contributed by atoms with Crippen molar-refractivity contribution < 1.29 is 19.1 Å². The Kier molecular flexibility index (Phi) is 5.48. The van der Waals surface area contributed by atoms with Crippen molar-refractivity contribution in [2.45, 2.75) is 38.4 Å². The minimum absolute atomic E-state index is 0.0120. The summed E-state index contributed by atoms with van der Waals surface area (Å²) in [6, 6.07) is 0. The number of halogens is 1. The second-order valence-corrected chi connectivity index (χ2v) is 8.03. The number of carbonyl (C=O) groups excluding carboxylic acids is 2. The van der Waals surface area contributed by atoms with E-state index in [9.17, 15) is 9.59 Å². The number of ether oxygens (including phenoxy) is 2. The van der Waals surface area contributed by atoms with Crippen LogP contribution in [0, 0.1) is 0 Å². The van der Waals surface area contributed by atoms with Crippen LogP contribution in [-0.4, -0.2) is 52.9 Å². The summed E-state index contributed by atoms with van der Waals surface area (Å²) in [5.74, 6) is -0.0120. The van der Waals surface area contributed by atoms with Crippen LogP contribution >= 0.6 is 27.3 Å². The van der Waals surface area contributed by atoms with Crippen molar-refractivity contribution in [2.75, 3.05) is 25.5 Å². The fourth-order valence-corrected chi connectivity index (χ4v) is 3.90. The maximum absolute atomic E-state index is 12.2. The van der Waals surface area contributed by atoms with Gasteiger partial charge in [0.2, 0.25) is 0 Å². The predicted octanol–water partition coefficient (Wildman–Crippen LogP) is 3.20. The Hall–Kier alpha value is -0.990. The quantitative estimate of drug-likeness (QED) is 0.569. The summed E-state index contributed by atoms with van der Waals surface area (Å²) in [5.41, 5.74) is -1.21. The molecule has 2 heterocycles. The van der Waals surface area contributed by atoms with Gasteiger partial charge in [0, 0.05) is 26.3 Å². The van der Waals surface area contributed by atoms with E-state index in [1.807, 2.05) is 20.8 Å². The molecule has 2 rings (SSSR count). The number of Topliss-reactive ketones (excluding diaryl/α,β-unsaturated/α-hetero) is 1. The summed E-state index contributed by atoms with van der Waals surface area (Å²) in [6.45, 7) is 6.41. The van der Waals surface area contributed by atoms with Crippen LogP contribution in [0.4, 0.5) is 4.79 Å². The van der Waals surface area contributed by atoms with Gasteiger partial charge in [-0.3, -0.25) is 4.79 Å². The molecule has 0 N–H and O–H groups in total. The Balaban J connectivity index is 2.15. The summed E-state index contributed by atoms with van der Waals surface area (Å²) < 4.78 is 11.1. The maximum Gasteiger partial charge on any atom is 0.410 e. The molecule has 0 radical (unpaired) electrons. The lowest BCUT2D eigenvalue weighted by Crippen LogP contribution is -2.38. The van der Waals surface area contributed by atoms with E-state index in [4.69, 9.17) is 9.47 Å². The van der Waals surface area contributed by atoms with E-state index < -0.39 is 11.2 Å². The number of carbonyl (C=O) groups is 2. The first kappa shape index (κ1) is 18.4. The summed E-state index contributed by atoms with van der Waals surface area (Å²) in [6.07, 6.45) is 1.84. The molecule has 128 valence electrons. The number of hydrogen-bond donors (Lipinski definition) is 0. The van der Waals surface area contributed by atoms with Crippen molar-refractivity contribution in [2.24, 2.45) is 0 Å². The molecule has 1 unspecified atom stereocenters. The molecule has 0 spiro atoms. The van der Waals surface area contributed by atoms with Gasteiger partial charge >= 0.3 is 6.09 Å². The molecule has 0 aromatic carbocycles. The van der Waals surface area contributed by atoms with E-state index in [-0.39, 0.29) is 17.2 Å². The highest BCUT2D eigenvalue weighted by atomic mass is 79.9. The zero-order valence-electron chi connectivity index (χ0n) is 13.7. The molecule has 1 aliphatic rings. The Labute approximate surface area is 148 Å². The zero-order chi connectivity index (χ0) is 17.3. The molecular formula is C15H21BrN2O4S. The molecule has 6 nitrogen and oxygen atoms in total. The van der Waals surface area contributed by atoms with Gasteiger partial charge in [-0.2, -0.15) is 0 Å². The predicted molar refractivity (Wildman–Crippen MR) is 91.3 cm³/mol. The van der Waals surface area contributed by atoms with Crippen LogP contribution in [0.25, 0.3) is 0 Å². The first-order valence-electron chi connectivity index (χ1n) is 7.29. The summed E-state index contributed by atoms with van der Waals surface area (Å²) in [7, 11) is 1.60. The molecule has 0 bridgehead atoms. The second-order valence-electron chi connectivity index (χ2n) is 6.44. The molecule has 1 fully saturated rings. The third-order valence-corrected chi connectivity index (χ3v) is 5.30. The van der Waals surface area contributed by atoms with Gasteiger partial charge in [0.15, 0.2) is 5.78 Å². The smallest absolute Gasteiger partial charge is 0.410 e. The third kappa shape index (κ3) is 4.10. The number of likely N-dealkylation sites (tertiary alicyclic amines) is 1. The molecule has 1 aromatic heterocycles. The lowest BCUT2D eigenvalue weighted by molar-refractivity contribution is -0.0131. The van der Waals surface area contributed by atoms with Crippen molar-refractivity contribution in [1.29, 1.82) is 0 Å². The normalized spacial score (nSPS) is 21.5. The maximum atomic E-state index is 12.2. The number of amides is 1. The Bertz CT molecular complexity index is 599. The fraction of sp³-hybridized carbons (Fsp3) is 0.667. The molecular weight excluding hydrogens is 384 g/mol. The molecule has 1 atom stereocenters. The molecule has 8 heteroatoms. The van der Waals surface area contributed by atoms with Crippen molar-refractivity contribution in [3.8, 4) is 0 Å². The topological polar surface area (TPSA) is 68.7 Å². The minimum atomic E-state index is -0.674. The van der Waals surface area contributed by atoms with Crippen LogP contribution < -0.4 is 0 Å². The van der Waals surface area contributed by atoms with E-state index >= 15 is 0 Å². The van der Waals surface area contributed by atoms with Crippen molar-refractivity contribution in [1.82, 2.24) is 9.88 Å². The zero-order valence-corrected chi connectivity index (χ0v) is 16.1. The lowest BCUT2D eigenvalue weighted by atomic mass is 10.0. The second kappa shape index (κ2) is 6.86. The largest absolute Gasteiger partial charge is 0.444 e. The monoisotopic (exact) mass is 404 g/mol. The van der Waals surface area contributed by atoms with Crippen LogP contribution in [0.5, 0.6) is 0 Å². The average molecular weight is 405 g/mol. The van der Waals surface area contributed by atoms with Gasteiger partial charge < -0.3 is 14.4 Å². The van der Waals surface area contributed by atoms with E-state index in [1.54, 1.807) is 18.2 Å². The minimum Gasteiger partial charge on any atom is -0.444 e. The fourth-order valence-electron chi connectivity index (χ4n) is 2.37. The number of hydrogen-bond acceptors (Lipinski definition) is 6. The number of alkyl halides is 1. The summed E-state index contributed by atoms with van der Waals surface area (Å²) >= 11 is 4.48. The number of rotatable bonds is 4. The van der Waals surface area contributed by atoms with E-state index in [0.29, 0.717) is 24.4 Å². The van der Waals surface area contributed by atoms with Crippen LogP contribution in [0.2, 0.25) is 0 Å². The lowest BCUT2D eigenvalue weighted by Gasteiger charge is -2.27. The van der Waals surface area contributed by atoms with Crippen LogP contribution in [0.15, 0.2) is 6.20 Å². The van der Waals surface area contributed by atoms with Gasteiger partial charge in [-0.15, -0.1) is 11.3 Å². The highest BCUT2D eigenvalue weighted by molar-refractivity contribution is 9.09. The number of thiazole rings is 1. The third-order valence-electron chi connectivity index (χ3n) is 3.57. The Morgan fingerprint density at radius 1 is 1.48 bits per heavy atom. The van der Waals surface area contributed by atoms with Crippen molar-refractivity contribution in [3.05, 3.63) is 16.1 Å². The number of ketones is 1. The standard InChI is InChI=1S/C15H21BrN2O4S/c1-14(2,3)22-13(20)18-6-5-15(9-18,21-4)12-17-8-11(23-12)10(19)7-16/h8H,5-7,9H2,1-4H3. The van der Waals surface area contributed by atoms with Crippen molar-refractivity contribution >= 4 is 39.1 Å². The van der Waals surface area contributed by atoms with Gasteiger partial charge in [0.25, 0.3) is 0 Å². The summed E-state index contributed by atoms with van der Waals surface area (Å²) in [4.78, 5) is 30.6. The Morgan fingerprint density at radius 2 is 2.17 bits per heavy atom. The van der Waals surface area contributed by atoms with Gasteiger partial charge in [-0.05, 0) is 20.8 Å². The van der Waals surface area contributed by atoms with Gasteiger partial charge in [-0.1, -0.05) is 15.9 Å². The average Bonchev–Trinajstić information content (AvgIpc) is 3.12. The van der Waals surface area contributed by atoms with Crippen LogP contribution in [0.1, 0.15) is 41.9 Å². The number of methoxy groups -OCH3 is 1. The van der Waals surface area contributed by atoms with E-state index in [1.165, 1.54) is 11.3 Å². The van der Waals surface area contributed by atoms with Crippen LogP contribution in [-0.2, 0) is 15.1 Å². The number of aromatic nitrogens is 1. The van der Waals surface area contributed by atoms with Gasteiger partial charge in [-0.25, -0.2) is 9.78 Å².